The molecule has 1 aliphatic rings. The lowest BCUT2D eigenvalue weighted by Gasteiger charge is -2.26. The molecule has 7 heteroatoms. The Morgan fingerprint density at radius 3 is 2.61 bits per heavy atom. The summed E-state index contributed by atoms with van der Waals surface area (Å²) in [7, 11) is 0. The van der Waals surface area contributed by atoms with Gasteiger partial charge in [0.1, 0.15) is 0 Å². The molecule has 3 aromatic rings. The Kier molecular flexibility index (Phi) is 7.02. The van der Waals surface area contributed by atoms with Crippen LogP contribution in [0.25, 0.3) is 10.2 Å². The van der Waals surface area contributed by atoms with Crippen LogP contribution in [-0.2, 0) is 16.0 Å². The predicted molar refractivity (Wildman–Crippen MR) is 116 cm³/mol. The van der Waals surface area contributed by atoms with Crippen molar-refractivity contribution in [3.63, 3.8) is 0 Å². The highest BCUT2D eigenvalue weighted by atomic mass is 35.5. The van der Waals surface area contributed by atoms with Crippen LogP contribution in [0.4, 0.5) is 5.69 Å². The van der Waals surface area contributed by atoms with Crippen LogP contribution in [0.1, 0.15) is 23.4 Å². The lowest BCUT2D eigenvalue weighted by molar-refractivity contribution is -0.119. The molecule has 0 radical (unpaired) electrons. The Labute approximate surface area is 174 Å². The summed E-state index contributed by atoms with van der Waals surface area (Å²) in [6.45, 7) is 1.37. The van der Waals surface area contributed by atoms with Crippen LogP contribution in [-0.4, -0.2) is 30.1 Å². The molecule has 3 N–H and O–H groups in total. The average Bonchev–Trinajstić information content (AvgIpc) is 3.12. The van der Waals surface area contributed by atoms with Gasteiger partial charge in [0.25, 0.3) is 0 Å². The van der Waals surface area contributed by atoms with Crippen molar-refractivity contribution in [1.82, 2.24) is 4.98 Å². The molecule has 148 valence electrons. The van der Waals surface area contributed by atoms with E-state index in [1.165, 1.54) is 10.3 Å². The number of nitrogens with zero attached hydrogens (tertiary/aromatic N) is 1. The highest BCUT2D eigenvalue weighted by Gasteiger charge is 2.26. The fraction of sp³-hybridized carbons (Fsp3) is 0.333. The Balaban J connectivity index is 0.00000225. The van der Waals surface area contributed by atoms with Gasteiger partial charge in [0.05, 0.1) is 21.3 Å². The largest absolute Gasteiger partial charge is 0.381 e. The number of para-hydroxylation sites is 1. The van der Waals surface area contributed by atoms with Crippen LogP contribution in [0.3, 0.4) is 0 Å². The minimum Gasteiger partial charge on any atom is -0.381 e. The number of anilines is 1. The summed E-state index contributed by atoms with van der Waals surface area (Å²) in [5.41, 5.74) is 9.12. The van der Waals surface area contributed by atoms with E-state index in [4.69, 9.17) is 10.5 Å². The number of ether oxygens (including phenoxy) is 1. The third-order valence-electron chi connectivity index (χ3n) is 4.99. The maximum Gasteiger partial charge on any atom is 0.241 e. The molecule has 28 heavy (non-hydrogen) atoms. The van der Waals surface area contributed by atoms with Crippen LogP contribution in [0.5, 0.6) is 0 Å². The van der Waals surface area contributed by atoms with Gasteiger partial charge in [0.2, 0.25) is 5.91 Å². The molecule has 0 aliphatic carbocycles. The third kappa shape index (κ3) is 4.89. The first-order valence-corrected chi connectivity index (χ1v) is 10.1. The van der Waals surface area contributed by atoms with Gasteiger partial charge in [0, 0.05) is 25.3 Å². The van der Waals surface area contributed by atoms with Gasteiger partial charge in [-0.3, -0.25) is 4.79 Å². The highest BCUT2D eigenvalue weighted by Crippen LogP contribution is 2.24. The van der Waals surface area contributed by atoms with Crippen LogP contribution >= 0.6 is 23.7 Å². The van der Waals surface area contributed by atoms with E-state index in [2.05, 4.69) is 16.4 Å². The van der Waals surface area contributed by atoms with E-state index in [9.17, 15) is 4.79 Å². The van der Waals surface area contributed by atoms with Gasteiger partial charge < -0.3 is 15.8 Å². The molecule has 0 saturated carbocycles. The van der Waals surface area contributed by atoms with E-state index in [0.717, 1.165) is 35.5 Å². The molecule has 1 unspecified atom stereocenters. The zero-order chi connectivity index (χ0) is 18.6. The minimum atomic E-state index is -0.490. The fourth-order valence-corrected chi connectivity index (χ4v) is 4.39. The van der Waals surface area contributed by atoms with Gasteiger partial charge in [-0.15, -0.1) is 23.7 Å². The first kappa shape index (κ1) is 20.7. The SMILES string of the molecule is Cl.NC(C(=O)Nc1ccc(Cc2nc3ccccc3s2)cc1)C1CCOCC1. The second kappa shape index (κ2) is 9.47. The number of thiazole rings is 1. The second-order valence-electron chi connectivity index (χ2n) is 6.91. The van der Waals surface area contributed by atoms with Crippen molar-refractivity contribution in [2.45, 2.75) is 25.3 Å². The van der Waals surface area contributed by atoms with Crippen LogP contribution < -0.4 is 11.1 Å². The number of nitrogens with two attached hydrogens (primary N) is 1. The molecule has 5 nitrogen and oxygen atoms in total. The third-order valence-corrected chi connectivity index (χ3v) is 6.03. The molecule has 1 atom stereocenters. The molecule has 1 aromatic heterocycles. The van der Waals surface area contributed by atoms with Crippen LogP contribution in [0, 0.1) is 5.92 Å². The van der Waals surface area contributed by atoms with E-state index in [-0.39, 0.29) is 24.2 Å². The first-order valence-electron chi connectivity index (χ1n) is 9.26. The average molecular weight is 418 g/mol. The normalized spacial score (nSPS) is 15.8. The van der Waals surface area contributed by atoms with Crippen molar-refractivity contribution in [3.05, 3.63) is 59.1 Å². The molecule has 1 aliphatic heterocycles. The summed E-state index contributed by atoms with van der Waals surface area (Å²) in [5.74, 6) is 0.0675. The number of benzene rings is 2. The Morgan fingerprint density at radius 2 is 1.89 bits per heavy atom. The number of halogens is 1. The Bertz CT molecular complexity index is 890. The number of amides is 1. The molecular formula is C21H24ClN3O2S. The standard InChI is InChI=1S/C21H23N3O2S.ClH/c22-20(15-9-11-26-12-10-15)21(25)23-16-7-5-14(6-8-16)13-19-24-17-3-1-2-4-18(17)27-19;/h1-8,15,20H,9-13,22H2,(H,23,25);1H. The zero-order valence-corrected chi connectivity index (χ0v) is 17.1. The van der Waals surface area contributed by atoms with Crippen molar-refractivity contribution in [3.8, 4) is 0 Å². The zero-order valence-electron chi connectivity index (χ0n) is 15.5. The molecular weight excluding hydrogens is 394 g/mol. The molecule has 1 amide bonds. The number of carbonyl (C=O) groups is 1. The molecule has 1 fully saturated rings. The van der Waals surface area contributed by atoms with E-state index in [0.29, 0.717) is 13.2 Å². The van der Waals surface area contributed by atoms with Crippen molar-refractivity contribution in [2.24, 2.45) is 11.7 Å². The summed E-state index contributed by atoms with van der Waals surface area (Å²) >= 11 is 1.72. The van der Waals surface area contributed by atoms with Crippen LogP contribution in [0.15, 0.2) is 48.5 Å². The quantitative estimate of drug-likeness (QED) is 0.657. The summed E-state index contributed by atoms with van der Waals surface area (Å²) in [6, 6.07) is 15.6. The lowest BCUT2D eigenvalue weighted by Crippen LogP contribution is -2.43. The Hall–Kier alpha value is -1.99. The van der Waals surface area contributed by atoms with E-state index < -0.39 is 6.04 Å². The van der Waals surface area contributed by atoms with Crippen molar-refractivity contribution in [2.75, 3.05) is 18.5 Å². The summed E-state index contributed by atoms with van der Waals surface area (Å²) in [4.78, 5) is 17.1. The summed E-state index contributed by atoms with van der Waals surface area (Å²) in [5, 5.41) is 4.03. The molecule has 0 bridgehead atoms. The van der Waals surface area contributed by atoms with E-state index in [1.807, 2.05) is 42.5 Å². The number of carbonyl (C=O) groups excluding carboxylic acids is 1. The van der Waals surface area contributed by atoms with Gasteiger partial charge in [0.15, 0.2) is 0 Å². The highest BCUT2D eigenvalue weighted by molar-refractivity contribution is 7.18. The van der Waals surface area contributed by atoms with E-state index >= 15 is 0 Å². The molecule has 1 saturated heterocycles. The number of fused-ring (bicyclic) bond motifs is 1. The van der Waals surface area contributed by atoms with Crippen LogP contribution in [0.2, 0.25) is 0 Å². The maximum absolute atomic E-state index is 12.4. The number of aromatic nitrogens is 1. The minimum absolute atomic E-state index is 0. The lowest BCUT2D eigenvalue weighted by atomic mass is 9.92. The molecule has 2 heterocycles. The topological polar surface area (TPSA) is 77.2 Å². The fourth-order valence-electron chi connectivity index (χ4n) is 3.39. The predicted octanol–water partition coefficient (Wildman–Crippen LogP) is 4.00. The molecule has 0 spiro atoms. The van der Waals surface area contributed by atoms with Crippen molar-refractivity contribution >= 4 is 45.6 Å². The smallest absolute Gasteiger partial charge is 0.241 e. The second-order valence-corrected chi connectivity index (χ2v) is 8.03. The van der Waals surface area contributed by atoms with Gasteiger partial charge in [-0.05, 0) is 48.6 Å². The first-order chi connectivity index (χ1) is 13.2. The van der Waals surface area contributed by atoms with Gasteiger partial charge in [-0.2, -0.15) is 0 Å². The number of nitrogens with one attached hydrogen (secondary N) is 1. The maximum atomic E-state index is 12.4. The number of hydrogen-bond donors (Lipinski definition) is 2. The van der Waals surface area contributed by atoms with Crippen molar-refractivity contribution < 1.29 is 9.53 Å². The summed E-state index contributed by atoms with van der Waals surface area (Å²) < 4.78 is 6.54. The Morgan fingerprint density at radius 1 is 1.18 bits per heavy atom. The number of rotatable bonds is 5. The van der Waals surface area contributed by atoms with E-state index in [1.54, 1.807) is 11.3 Å². The van der Waals surface area contributed by atoms with Gasteiger partial charge >= 0.3 is 0 Å². The van der Waals surface area contributed by atoms with Gasteiger partial charge in [-0.1, -0.05) is 24.3 Å². The summed E-state index contributed by atoms with van der Waals surface area (Å²) in [6.07, 6.45) is 2.47. The molecule has 2 aromatic carbocycles. The van der Waals surface area contributed by atoms with Crippen molar-refractivity contribution in [1.29, 1.82) is 0 Å². The monoisotopic (exact) mass is 417 g/mol. The van der Waals surface area contributed by atoms with Gasteiger partial charge in [-0.25, -0.2) is 4.98 Å². The molecule has 4 rings (SSSR count). The number of hydrogen-bond acceptors (Lipinski definition) is 5.